The zero-order chi connectivity index (χ0) is 34.0. The van der Waals surface area contributed by atoms with Gasteiger partial charge in [-0.2, -0.15) is 0 Å². The third kappa shape index (κ3) is 7.10. The van der Waals surface area contributed by atoms with Gasteiger partial charge in [0.15, 0.2) is 0 Å². The Morgan fingerprint density at radius 2 is 1.02 bits per heavy atom. The second-order valence-electron chi connectivity index (χ2n) is 9.37. The van der Waals surface area contributed by atoms with Gasteiger partial charge in [-0.3, -0.25) is 38.2 Å². The highest BCUT2D eigenvalue weighted by Crippen LogP contribution is 2.54. The van der Waals surface area contributed by atoms with Gasteiger partial charge >= 0.3 is 11.4 Å². The van der Waals surface area contributed by atoms with Gasteiger partial charge in [0.1, 0.15) is 20.1 Å². The molecule has 0 saturated carbocycles. The maximum absolute atomic E-state index is 14.0. The molecule has 7 heterocycles. The van der Waals surface area contributed by atoms with Crippen LogP contribution >= 0.6 is 47.6 Å². The highest BCUT2D eigenvalue weighted by Gasteiger charge is 2.35. The highest BCUT2D eigenvalue weighted by atomic mass is 32.3. The van der Waals surface area contributed by atoms with E-state index in [1.54, 1.807) is 92.1 Å². The van der Waals surface area contributed by atoms with Crippen LogP contribution in [0.15, 0.2) is 140 Å². The van der Waals surface area contributed by atoms with Crippen LogP contribution < -0.4 is 11.4 Å². The SMILES string of the molecule is C=CCC.CC.CSc1c(SN2Sc3c(n(-c4cccnc4)c(=O)n3-c3cccnc3)S2)n(-c2cccnc2)c(=O)n1-c1cccnc1. The molecule has 0 saturated heterocycles. The quantitative estimate of drug-likeness (QED) is 0.0887. The Morgan fingerprint density at radius 3 is 1.35 bits per heavy atom. The standard InChI is InChI=1S/C27H19N9O2S4.C4H8.C2H6/c1-39-22-23(33(19-7-3-11-29-15-19)26(37)32(22)18-6-2-10-28-14-18)40-36-41-24-25(42-36)35(21-9-5-13-31-17-21)27(38)34(24)20-8-4-12-30-16-20;1-3-4-2;1-2/h2-17H,1H3;3H,1,4H2,2H3;1-2H3. The van der Waals surface area contributed by atoms with Gasteiger partial charge in [-0.05, 0) is 61.2 Å². The number of hydrogen-bond acceptors (Lipinski definition) is 11. The fourth-order valence-electron chi connectivity index (χ4n) is 4.47. The van der Waals surface area contributed by atoms with Crippen LogP contribution in [0.3, 0.4) is 0 Å². The molecule has 0 radical (unpaired) electrons. The lowest BCUT2D eigenvalue weighted by Crippen LogP contribution is -2.24. The molecule has 7 rings (SSSR count). The Kier molecular flexibility index (Phi) is 12.2. The van der Waals surface area contributed by atoms with Gasteiger partial charge in [0, 0.05) is 60.6 Å². The minimum absolute atomic E-state index is 0.217. The average Bonchev–Trinajstić information content (AvgIpc) is 3.76. The van der Waals surface area contributed by atoms with E-state index in [4.69, 9.17) is 0 Å². The first kappa shape index (κ1) is 35.0. The maximum Gasteiger partial charge on any atom is 0.339 e. The smallest absolute Gasteiger partial charge is 0.263 e. The first-order valence-corrected chi connectivity index (χ1v) is 18.5. The molecule has 11 nitrogen and oxygen atoms in total. The number of allylic oxidation sites excluding steroid dienone is 1. The zero-order valence-electron chi connectivity index (χ0n) is 26.7. The van der Waals surface area contributed by atoms with E-state index in [0.717, 1.165) is 21.5 Å². The summed E-state index contributed by atoms with van der Waals surface area (Å²) in [7, 11) is 0. The van der Waals surface area contributed by atoms with Crippen LogP contribution in [0.1, 0.15) is 27.2 Å². The van der Waals surface area contributed by atoms with Crippen molar-refractivity contribution in [1.29, 1.82) is 0 Å². The minimum atomic E-state index is -0.235. The van der Waals surface area contributed by atoms with Crippen LogP contribution in [0.5, 0.6) is 0 Å². The molecule has 15 heteroatoms. The Balaban J connectivity index is 0.000000701. The van der Waals surface area contributed by atoms with E-state index in [1.165, 1.54) is 47.6 Å². The number of imidazole rings is 2. The van der Waals surface area contributed by atoms with Gasteiger partial charge < -0.3 is 0 Å². The number of aromatic nitrogens is 8. The minimum Gasteiger partial charge on any atom is -0.263 e. The van der Waals surface area contributed by atoms with Crippen LogP contribution in [0.2, 0.25) is 0 Å². The topological polar surface area (TPSA) is 109 Å². The molecule has 0 N–H and O–H groups in total. The van der Waals surface area contributed by atoms with Crippen LogP contribution in [-0.4, -0.2) is 47.6 Å². The summed E-state index contributed by atoms with van der Waals surface area (Å²) in [6.45, 7) is 9.54. The third-order valence-corrected chi connectivity index (χ3v) is 11.0. The zero-order valence-corrected chi connectivity index (χ0v) is 30.0. The van der Waals surface area contributed by atoms with E-state index in [9.17, 15) is 9.59 Å². The van der Waals surface area contributed by atoms with Crippen molar-refractivity contribution in [1.82, 2.24) is 41.3 Å². The lowest BCUT2D eigenvalue weighted by Gasteiger charge is -2.15. The van der Waals surface area contributed by atoms with E-state index in [0.29, 0.717) is 27.8 Å². The Hall–Kier alpha value is -4.28. The molecule has 48 heavy (non-hydrogen) atoms. The summed E-state index contributed by atoms with van der Waals surface area (Å²) in [5.41, 5.74) is 2.16. The van der Waals surface area contributed by atoms with Crippen molar-refractivity contribution in [2.24, 2.45) is 0 Å². The third-order valence-electron chi connectivity index (χ3n) is 6.52. The van der Waals surface area contributed by atoms with Gasteiger partial charge in [-0.25, -0.2) is 9.59 Å². The summed E-state index contributed by atoms with van der Waals surface area (Å²) < 4.78 is 8.60. The molecule has 6 aromatic rings. The summed E-state index contributed by atoms with van der Waals surface area (Å²) in [6.07, 6.45) is 18.3. The first-order chi connectivity index (χ1) is 23.6. The number of rotatable bonds is 8. The van der Waals surface area contributed by atoms with Crippen LogP contribution in [0.4, 0.5) is 0 Å². The van der Waals surface area contributed by atoms with E-state index in [2.05, 4.69) is 33.4 Å². The summed E-state index contributed by atoms with van der Waals surface area (Å²) in [4.78, 5) is 44.7. The van der Waals surface area contributed by atoms with E-state index in [-0.39, 0.29) is 11.4 Å². The molecule has 0 unspecified atom stereocenters. The molecular weight excluding hydrogens is 683 g/mol. The van der Waals surface area contributed by atoms with Crippen molar-refractivity contribution in [3.8, 4) is 22.7 Å². The van der Waals surface area contributed by atoms with Crippen molar-refractivity contribution < 1.29 is 0 Å². The van der Waals surface area contributed by atoms with Crippen molar-refractivity contribution >= 4 is 47.6 Å². The van der Waals surface area contributed by atoms with Crippen molar-refractivity contribution in [3.63, 3.8) is 0 Å². The van der Waals surface area contributed by atoms with Gasteiger partial charge in [-0.1, -0.05) is 26.8 Å². The number of pyridine rings is 4. The Bertz CT molecular complexity index is 2000. The second-order valence-corrected chi connectivity index (χ2v) is 13.7. The van der Waals surface area contributed by atoms with Crippen LogP contribution in [-0.2, 0) is 0 Å². The number of hydrogen-bond donors (Lipinski definition) is 0. The van der Waals surface area contributed by atoms with Crippen LogP contribution in [0, 0.1) is 0 Å². The Morgan fingerprint density at radius 1 is 0.667 bits per heavy atom. The predicted octanol–water partition coefficient (Wildman–Crippen LogP) is 7.52. The molecule has 0 bridgehead atoms. The molecule has 246 valence electrons. The van der Waals surface area contributed by atoms with Gasteiger partial charge in [0.05, 0.1) is 47.5 Å². The fraction of sp³-hybridized carbons (Fsp3) is 0.152. The first-order valence-electron chi connectivity index (χ1n) is 14.9. The van der Waals surface area contributed by atoms with Gasteiger partial charge in [-0.15, -0.1) is 21.5 Å². The summed E-state index contributed by atoms with van der Waals surface area (Å²) in [6, 6.07) is 14.6. The highest BCUT2D eigenvalue weighted by molar-refractivity contribution is 8.27. The molecule has 0 fully saturated rings. The maximum atomic E-state index is 14.0. The lowest BCUT2D eigenvalue weighted by molar-refractivity contribution is 0.853. The fourth-order valence-corrected chi connectivity index (χ4v) is 9.13. The number of thioether (sulfide) groups is 1. The average molecular weight is 716 g/mol. The monoisotopic (exact) mass is 715 g/mol. The Labute approximate surface area is 295 Å². The molecule has 1 aliphatic heterocycles. The van der Waals surface area contributed by atoms with Crippen molar-refractivity contribution in [2.75, 3.05) is 6.26 Å². The molecule has 1 aliphatic rings. The van der Waals surface area contributed by atoms with Crippen molar-refractivity contribution in [3.05, 3.63) is 132 Å². The van der Waals surface area contributed by atoms with Crippen LogP contribution in [0.25, 0.3) is 22.7 Å². The van der Waals surface area contributed by atoms with Gasteiger partial charge in [0.25, 0.3) is 0 Å². The molecular formula is C33H33N9O2S4. The normalized spacial score (nSPS) is 12.0. The lowest BCUT2D eigenvalue weighted by atomic mass is 10.4. The molecule has 6 aromatic heterocycles. The number of nitrogens with zero attached hydrogens (tertiary/aromatic N) is 9. The molecule has 0 amide bonds. The summed E-state index contributed by atoms with van der Waals surface area (Å²) >= 11 is 5.69. The molecule has 0 spiro atoms. The molecule has 0 atom stereocenters. The van der Waals surface area contributed by atoms with E-state index < -0.39 is 0 Å². The molecule has 0 aromatic carbocycles. The largest absolute Gasteiger partial charge is 0.339 e. The number of fused-ring (bicyclic) bond motifs is 1. The summed E-state index contributed by atoms with van der Waals surface area (Å²) in [5, 5.41) is 2.93. The van der Waals surface area contributed by atoms with E-state index in [1.807, 2.05) is 53.6 Å². The summed E-state index contributed by atoms with van der Waals surface area (Å²) in [5.74, 6) is 0. The van der Waals surface area contributed by atoms with E-state index >= 15 is 0 Å². The predicted molar refractivity (Wildman–Crippen MR) is 197 cm³/mol. The molecule has 0 aliphatic carbocycles. The van der Waals surface area contributed by atoms with Crippen molar-refractivity contribution in [2.45, 2.75) is 47.3 Å². The second kappa shape index (κ2) is 16.7. The van der Waals surface area contributed by atoms with Gasteiger partial charge in [0.2, 0.25) is 0 Å².